The average molecular weight is 366 g/mol. The first-order valence-corrected chi connectivity index (χ1v) is 7.53. The predicted octanol–water partition coefficient (Wildman–Crippen LogP) is 5.47. The average Bonchev–Trinajstić information content (AvgIpc) is 2.45. The molecule has 0 bridgehead atoms. The van der Waals surface area contributed by atoms with Gasteiger partial charge in [0.05, 0.1) is 5.39 Å². The lowest BCUT2D eigenvalue weighted by molar-refractivity contribution is 0.636. The third-order valence-electron chi connectivity index (χ3n) is 3.34. The fraction of sp³-hybridized carbons (Fsp3) is 0.125. The molecule has 106 valence electrons. The summed E-state index contributed by atoms with van der Waals surface area (Å²) < 4.78 is 14.7. The summed E-state index contributed by atoms with van der Waals surface area (Å²) in [6, 6.07) is 8.94. The summed E-state index contributed by atoms with van der Waals surface area (Å²) in [5.74, 6) is 0.0229. The summed E-state index contributed by atoms with van der Waals surface area (Å²) in [6.07, 6.45) is 0. The van der Waals surface area contributed by atoms with Crippen molar-refractivity contribution >= 4 is 38.4 Å². The molecule has 0 atom stereocenters. The summed E-state index contributed by atoms with van der Waals surface area (Å²) in [6.45, 7) is 3.95. The van der Waals surface area contributed by atoms with Crippen molar-refractivity contribution in [1.29, 1.82) is 0 Å². The zero-order valence-electron chi connectivity index (χ0n) is 11.4. The van der Waals surface area contributed by atoms with Crippen molar-refractivity contribution in [3.63, 3.8) is 0 Å². The van der Waals surface area contributed by atoms with Crippen LogP contribution in [0.1, 0.15) is 11.1 Å². The highest BCUT2D eigenvalue weighted by molar-refractivity contribution is 9.10. The molecule has 3 rings (SSSR count). The van der Waals surface area contributed by atoms with Crippen molar-refractivity contribution in [2.75, 3.05) is 0 Å². The second kappa shape index (κ2) is 5.35. The Morgan fingerprint density at radius 3 is 2.62 bits per heavy atom. The summed E-state index contributed by atoms with van der Waals surface area (Å²) >= 11 is 9.59. The fourth-order valence-corrected chi connectivity index (χ4v) is 3.12. The molecule has 0 radical (unpaired) electrons. The maximum atomic E-state index is 14.1. The Bertz CT molecular complexity index is 865. The van der Waals surface area contributed by atoms with Crippen LogP contribution in [0.25, 0.3) is 22.3 Å². The molecular weight excluding hydrogens is 355 g/mol. The molecule has 0 amide bonds. The fourth-order valence-electron chi connectivity index (χ4n) is 2.22. The Balaban J connectivity index is 2.35. The van der Waals surface area contributed by atoms with Crippen molar-refractivity contribution in [2.45, 2.75) is 13.8 Å². The molecule has 0 aliphatic rings. The maximum Gasteiger partial charge on any atom is 0.161 e. The van der Waals surface area contributed by atoms with Gasteiger partial charge < -0.3 is 0 Å². The molecule has 0 fully saturated rings. The zero-order chi connectivity index (χ0) is 15.1. The van der Waals surface area contributed by atoms with E-state index in [1.165, 1.54) is 6.07 Å². The maximum absolute atomic E-state index is 14.1. The van der Waals surface area contributed by atoms with Crippen molar-refractivity contribution in [2.24, 2.45) is 0 Å². The van der Waals surface area contributed by atoms with Crippen LogP contribution in [0.5, 0.6) is 0 Å². The Hall–Kier alpha value is -1.52. The van der Waals surface area contributed by atoms with Gasteiger partial charge in [-0.3, -0.25) is 0 Å². The van der Waals surface area contributed by atoms with Gasteiger partial charge in [0.2, 0.25) is 0 Å². The number of fused-ring (bicyclic) bond motifs is 1. The van der Waals surface area contributed by atoms with Crippen LogP contribution in [0, 0.1) is 19.7 Å². The molecule has 1 aromatic heterocycles. The standard InChI is InChI=1S/C16H11BrClFN2/c1-8-3-4-9(2)10(7-8)16-20-14-12(19)6-5-11(17)13(14)15(18)21-16/h3-7H,1-2H3. The molecule has 0 N–H and O–H groups in total. The van der Waals surface area contributed by atoms with E-state index >= 15 is 0 Å². The van der Waals surface area contributed by atoms with E-state index in [2.05, 4.69) is 25.9 Å². The Kier molecular flexibility index (Phi) is 3.68. The first-order chi connectivity index (χ1) is 9.97. The predicted molar refractivity (Wildman–Crippen MR) is 87.1 cm³/mol. The van der Waals surface area contributed by atoms with Crippen LogP contribution in [-0.4, -0.2) is 9.97 Å². The van der Waals surface area contributed by atoms with Gasteiger partial charge >= 0.3 is 0 Å². The second-order valence-electron chi connectivity index (χ2n) is 4.91. The number of halogens is 3. The van der Waals surface area contributed by atoms with Crippen LogP contribution < -0.4 is 0 Å². The number of benzene rings is 2. The molecule has 0 aliphatic heterocycles. The monoisotopic (exact) mass is 364 g/mol. The molecule has 0 unspecified atom stereocenters. The highest BCUT2D eigenvalue weighted by Gasteiger charge is 2.15. The van der Waals surface area contributed by atoms with E-state index in [0.29, 0.717) is 15.7 Å². The minimum atomic E-state index is -0.413. The number of aryl methyl sites for hydroxylation is 2. The van der Waals surface area contributed by atoms with E-state index in [1.54, 1.807) is 6.07 Å². The van der Waals surface area contributed by atoms with Gasteiger partial charge in [0, 0.05) is 10.0 Å². The van der Waals surface area contributed by atoms with Crippen molar-refractivity contribution in [3.05, 3.63) is 56.9 Å². The minimum Gasteiger partial charge on any atom is -0.225 e. The SMILES string of the molecule is Cc1ccc(C)c(-c2nc(Cl)c3c(Br)ccc(F)c3n2)c1. The van der Waals surface area contributed by atoms with Crippen LogP contribution >= 0.6 is 27.5 Å². The molecule has 0 spiro atoms. The molecule has 2 nitrogen and oxygen atoms in total. The first-order valence-electron chi connectivity index (χ1n) is 6.36. The smallest absolute Gasteiger partial charge is 0.161 e. The number of hydrogen-bond acceptors (Lipinski definition) is 2. The van der Waals surface area contributed by atoms with Gasteiger partial charge in [0.25, 0.3) is 0 Å². The summed E-state index contributed by atoms with van der Waals surface area (Å²) in [4.78, 5) is 8.70. The molecule has 3 aromatic rings. The van der Waals surface area contributed by atoms with E-state index < -0.39 is 5.82 Å². The van der Waals surface area contributed by atoms with Gasteiger partial charge in [-0.15, -0.1) is 0 Å². The van der Waals surface area contributed by atoms with Crippen molar-refractivity contribution < 1.29 is 4.39 Å². The molecule has 0 saturated heterocycles. The van der Waals surface area contributed by atoms with Gasteiger partial charge in [-0.25, -0.2) is 14.4 Å². The number of hydrogen-bond donors (Lipinski definition) is 0. The normalized spacial score (nSPS) is 11.1. The largest absolute Gasteiger partial charge is 0.225 e. The quantitative estimate of drug-likeness (QED) is 0.534. The van der Waals surface area contributed by atoms with Gasteiger partial charge in [-0.05, 0) is 53.5 Å². The molecule has 0 saturated carbocycles. The molecule has 21 heavy (non-hydrogen) atoms. The van der Waals surface area contributed by atoms with Crippen LogP contribution in [-0.2, 0) is 0 Å². The van der Waals surface area contributed by atoms with E-state index in [-0.39, 0.29) is 10.7 Å². The zero-order valence-corrected chi connectivity index (χ0v) is 13.8. The molecule has 2 aromatic carbocycles. The number of aromatic nitrogens is 2. The minimum absolute atomic E-state index is 0.222. The first kappa shape index (κ1) is 14.4. The van der Waals surface area contributed by atoms with Gasteiger partial charge in [-0.1, -0.05) is 29.3 Å². The summed E-state index contributed by atoms with van der Waals surface area (Å²) in [5, 5.41) is 0.730. The third kappa shape index (κ3) is 2.54. The lowest BCUT2D eigenvalue weighted by atomic mass is 10.0. The van der Waals surface area contributed by atoms with Crippen LogP contribution in [0.3, 0.4) is 0 Å². The lowest BCUT2D eigenvalue weighted by Gasteiger charge is -2.09. The van der Waals surface area contributed by atoms with E-state index in [1.807, 2.05) is 32.0 Å². The molecule has 5 heteroatoms. The van der Waals surface area contributed by atoms with Gasteiger partial charge in [0.15, 0.2) is 5.82 Å². The lowest BCUT2D eigenvalue weighted by Crippen LogP contribution is -1.96. The summed E-state index contributed by atoms with van der Waals surface area (Å²) in [7, 11) is 0. The summed E-state index contributed by atoms with van der Waals surface area (Å²) in [5.41, 5.74) is 3.19. The van der Waals surface area contributed by atoms with Gasteiger partial charge in [0.1, 0.15) is 16.5 Å². The van der Waals surface area contributed by atoms with E-state index in [4.69, 9.17) is 11.6 Å². The third-order valence-corrected chi connectivity index (χ3v) is 4.27. The molecular formula is C16H11BrClFN2. The molecule has 0 aliphatic carbocycles. The molecule has 1 heterocycles. The van der Waals surface area contributed by atoms with E-state index in [0.717, 1.165) is 16.7 Å². The highest BCUT2D eigenvalue weighted by atomic mass is 79.9. The van der Waals surface area contributed by atoms with Crippen molar-refractivity contribution in [3.8, 4) is 11.4 Å². The van der Waals surface area contributed by atoms with Crippen LogP contribution in [0.15, 0.2) is 34.8 Å². The Labute approximate surface area is 135 Å². The Morgan fingerprint density at radius 2 is 1.86 bits per heavy atom. The highest BCUT2D eigenvalue weighted by Crippen LogP contribution is 2.32. The topological polar surface area (TPSA) is 25.8 Å². The second-order valence-corrected chi connectivity index (χ2v) is 6.12. The Morgan fingerprint density at radius 1 is 1.10 bits per heavy atom. The van der Waals surface area contributed by atoms with Crippen molar-refractivity contribution in [1.82, 2.24) is 9.97 Å². The van der Waals surface area contributed by atoms with Crippen LogP contribution in [0.4, 0.5) is 4.39 Å². The number of rotatable bonds is 1. The van der Waals surface area contributed by atoms with Gasteiger partial charge in [-0.2, -0.15) is 0 Å². The number of nitrogens with zero attached hydrogens (tertiary/aromatic N) is 2. The van der Waals surface area contributed by atoms with E-state index in [9.17, 15) is 4.39 Å². The van der Waals surface area contributed by atoms with Crippen LogP contribution in [0.2, 0.25) is 5.15 Å².